The molecule has 20 heavy (non-hydrogen) atoms. The number of amides is 2. The van der Waals surface area contributed by atoms with Crippen LogP contribution in [0.15, 0.2) is 57.9 Å². The number of rotatable bonds is 3. The van der Waals surface area contributed by atoms with E-state index in [0.717, 1.165) is 20.3 Å². The first-order valence-electron chi connectivity index (χ1n) is 5.75. The number of halogens is 1. The molecule has 1 aliphatic rings. The molecule has 0 aromatic heterocycles. The average molecular weight is 366 g/mol. The normalized spacial score (nSPS) is 13.8. The van der Waals surface area contributed by atoms with Crippen molar-refractivity contribution in [2.24, 2.45) is 0 Å². The molecule has 100 valence electrons. The fourth-order valence-corrected chi connectivity index (χ4v) is 4.03. The van der Waals surface area contributed by atoms with Gasteiger partial charge in [-0.05, 0) is 47.2 Å². The van der Waals surface area contributed by atoms with Crippen LogP contribution in [0.1, 0.15) is 20.7 Å². The van der Waals surface area contributed by atoms with Gasteiger partial charge in [0, 0.05) is 20.3 Å². The predicted molar refractivity (Wildman–Crippen MR) is 84.5 cm³/mol. The van der Waals surface area contributed by atoms with Crippen LogP contribution in [0.2, 0.25) is 0 Å². The van der Waals surface area contributed by atoms with Crippen molar-refractivity contribution in [1.29, 1.82) is 0 Å². The largest absolute Gasteiger partial charge is 0.272 e. The second-order valence-electron chi connectivity index (χ2n) is 4.06. The van der Waals surface area contributed by atoms with Gasteiger partial charge < -0.3 is 0 Å². The molecule has 1 aliphatic heterocycles. The van der Waals surface area contributed by atoms with Gasteiger partial charge in [0.05, 0.1) is 11.1 Å². The summed E-state index contributed by atoms with van der Waals surface area (Å²) in [6.07, 6.45) is 0. The van der Waals surface area contributed by atoms with Crippen molar-refractivity contribution < 1.29 is 9.59 Å². The van der Waals surface area contributed by atoms with Crippen molar-refractivity contribution in [2.45, 2.75) is 4.90 Å². The Morgan fingerprint density at radius 1 is 0.850 bits per heavy atom. The lowest BCUT2D eigenvalue weighted by atomic mass is 10.1. The lowest BCUT2D eigenvalue weighted by molar-refractivity contribution is 0.0779. The Bertz CT molecular complexity index is 653. The predicted octanol–water partition coefficient (Wildman–Crippen LogP) is 4.40. The molecule has 0 fully saturated rings. The SMILES string of the molecule is O=C1c2ccccc2C(=O)N1SSc1ccc(Br)cc1. The molecule has 0 atom stereocenters. The van der Waals surface area contributed by atoms with Crippen LogP contribution in [0.3, 0.4) is 0 Å². The van der Waals surface area contributed by atoms with E-state index in [0.29, 0.717) is 11.1 Å². The summed E-state index contributed by atoms with van der Waals surface area (Å²) in [6, 6.07) is 14.6. The monoisotopic (exact) mass is 365 g/mol. The molecule has 0 radical (unpaired) electrons. The first kappa shape index (κ1) is 13.7. The van der Waals surface area contributed by atoms with Gasteiger partial charge in [-0.15, -0.1) is 0 Å². The summed E-state index contributed by atoms with van der Waals surface area (Å²) in [4.78, 5) is 25.3. The summed E-state index contributed by atoms with van der Waals surface area (Å²) in [5.74, 6) is -0.500. The Labute approximate surface area is 132 Å². The van der Waals surface area contributed by atoms with Gasteiger partial charge in [0.2, 0.25) is 0 Å². The Hall–Kier alpha value is -1.24. The molecular weight excluding hydrogens is 358 g/mol. The van der Waals surface area contributed by atoms with Crippen LogP contribution in [0, 0.1) is 0 Å². The van der Waals surface area contributed by atoms with Gasteiger partial charge in [0.15, 0.2) is 0 Å². The van der Waals surface area contributed by atoms with E-state index in [-0.39, 0.29) is 11.8 Å². The van der Waals surface area contributed by atoms with Gasteiger partial charge in [0.25, 0.3) is 11.8 Å². The Morgan fingerprint density at radius 2 is 1.40 bits per heavy atom. The Morgan fingerprint density at radius 3 is 1.95 bits per heavy atom. The Balaban J connectivity index is 1.75. The molecule has 3 nitrogen and oxygen atoms in total. The smallest absolute Gasteiger partial charge is 0.268 e. The van der Waals surface area contributed by atoms with E-state index in [1.54, 1.807) is 24.3 Å². The van der Waals surface area contributed by atoms with Crippen LogP contribution < -0.4 is 0 Å². The van der Waals surface area contributed by atoms with Crippen LogP contribution in [0.25, 0.3) is 0 Å². The van der Waals surface area contributed by atoms with Crippen molar-refractivity contribution in [3.63, 3.8) is 0 Å². The summed E-state index contributed by atoms with van der Waals surface area (Å²) in [7, 11) is 2.54. The minimum atomic E-state index is -0.250. The van der Waals surface area contributed by atoms with Crippen molar-refractivity contribution in [2.75, 3.05) is 0 Å². The third-order valence-electron chi connectivity index (χ3n) is 2.78. The quantitative estimate of drug-likeness (QED) is 0.458. The van der Waals surface area contributed by atoms with E-state index < -0.39 is 0 Å². The fourth-order valence-electron chi connectivity index (χ4n) is 1.81. The second kappa shape index (κ2) is 5.63. The van der Waals surface area contributed by atoms with Crippen molar-refractivity contribution in [3.8, 4) is 0 Å². The molecule has 1 heterocycles. The number of hydrogen-bond donors (Lipinski definition) is 0. The van der Waals surface area contributed by atoms with E-state index in [2.05, 4.69) is 15.9 Å². The molecule has 0 spiro atoms. The second-order valence-corrected chi connectivity index (χ2v) is 7.08. The maximum Gasteiger partial charge on any atom is 0.272 e. The number of fused-ring (bicyclic) bond motifs is 1. The van der Waals surface area contributed by atoms with Gasteiger partial charge >= 0.3 is 0 Å². The minimum Gasteiger partial charge on any atom is -0.268 e. The molecule has 3 rings (SSSR count). The third kappa shape index (κ3) is 2.51. The molecule has 0 bridgehead atoms. The van der Waals surface area contributed by atoms with Crippen molar-refractivity contribution in [3.05, 3.63) is 64.1 Å². The first-order chi connectivity index (χ1) is 9.66. The first-order valence-corrected chi connectivity index (χ1v) is 8.65. The molecule has 2 aromatic rings. The molecule has 0 aliphatic carbocycles. The number of benzene rings is 2. The minimum absolute atomic E-state index is 0.250. The van der Waals surface area contributed by atoms with Gasteiger partial charge in [-0.25, -0.2) is 4.31 Å². The lowest BCUT2D eigenvalue weighted by Gasteiger charge is -2.10. The zero-order valence-electron chi connectivity index (χ0n) is 10.1. The summed E-state index contributed by atoms with van der Waals surface area (Å²) in [6.45, 7) is 0. The highest BCUT2D eigenvalue weighted by Crippen LogP contribution is 2.39. The van der Waals surface area contributed by atoms with Gasteiger partial charge in [-0.3, -0.25) is 9.59 Å². The van der Waals surface area contributed by atoms with Crippen molar-refractivity contribution >= 4 is 49.5 Å². The van der Waals surface area contributed by atoms with Crippen molar-refractivity contribution in [1.82, 2.24) is 4.31 Å². The number of carbonyl (C=O) groups is 2. The summed E-state index contributed by atoms with van der Waals surface area (Å²) < 4.78 is 2.20. The number of hydrogen-bond acceptors (Lipinski definition) is 4. The summed E-state index contributed by atoms with van der Waals surface area (Å²) >= 11 is 3.37. The fraction of sp³-hybridized carbons (Fsp3) is 0. The lowest BCUT2D eigenvalue weighted by Crippen LogP contribution is -2.20. The van der Waals surface area contributed by atoms with E-state index >= 15 is 0 Å². The van der Waals surface area contributed by atoms with Gasteiger partial charge in [-0.1, -0.05) is 28.1 Å². The topological polar surface area (TPSA) is 37.4 Å². The van der Waals surface area contributed by atoms with Crippen LogP contribution in [-0.2, 0) is 0 Å². The average Bonchev–Trinajstić information content (AvgIpc) is 2.71. The number of imide groups is 1. The molecule has 0 saturated carbocycles. The van der Waals surface area contributed by atoms with Crippen LogP contribution in [0.4, 0.5) is 0 Å². The van der Waals surface area contributed by atoms with E-state index in [9.17, 15) is 9.59 Å². The molecule has 0 N–H and O–H groups in total. The zero-order chi connectivity index (χ0) is 14.1. The standard InChI is InChI=1S/C14H8BrNO2S2/c15-9-5-7-10(8-6-9)19-20-16-13(17)11-3-1-2-4-12(11)14(16)18/h1-8H. The van der Waals surface area contributed by atoms with E-state index in [4.69, 9.17) is 0 Å². The molecule has 2 amide bonds. The molecule has 0 saturated heterocycles. The molecule has 6 heteroatoms. The maximum atomic E-state index is 12.1. The molecule has 2 aromatic carbocycles. The third-order valence-corrected chi connectivity index (χ3v) is 5.58. The van der Waals surface area contributed by atoms with E-state index in [1.165, 1.54) is 15.1 Å². The summed E-state index contributed by atoms with van der Waals surface area (Å²) in [5.41, 5.74) is 0.947. The highest BCUT2D eigenvalue weighted by molar-refractivity contribution is 9.10. The highest BCUT2D eigenvalue weighted by Gasteiger charge is 2.36. The number of carbonyl (C=O) groups excluding carboxylic acids is 2. The molecular formula is C14H8BrNO2S2. The highest BCUT2D eigenvalue weighted by atomic mass is 79.9. The Kier molecular flexibility index (Phi) is 3.87. The van der Waals surface area contributed by atoms with Gasteiger partial charge in [0.1, 0.15) is 0 Å². The zero-order valence-corrected chi connectivity index (χ0v) is 13.3. The summed E-state index contributed by atoms with van der Waals surface area (Å²) in [5, 5.41) is 0. The maximum absolute atomic E-state index is 12.1. The van der Waals surface area contributed by atoms with Crippen LogP contribution in [0.5, 0.6) is 0 Å². The molecule has 0 unspecified atom stereocenters. The number of nitrogens with zero attached hydrogens (tertiary/aromatic N) is 1. The van der Waals surface area contributed by atoms with E-state index in [1.807, 2.05) is 24.3 Å². The van der Waals surface area contributed by atoms with Gasteiger partial charge in [-0.2, -0.15) is 0 Å². The van der Waals surface area contributed by atoms with Crippen LogP contribution >= 0.6 is 37.7 Å². The van der Waals surface area contributed by atoms with Crippen LogP contribution in [-0.4, -0.2) is 16.1 Å².